The molecule has 0 amide bonds. The van der Waals surface area contributed by atoms with Gasteiger partial charge in [0, 0.05) is 19.3 Å². The van der Waals surface area contributed by atoms with Crippen LogP contribution >= 0.6 is 0 Å². The van der Waals surface area contributed by atoms with Crippen LogP contribution in [0.15, 0.2) is 22.4 Å². The third kappa shape index (κ3) is 1.09. The van der Waals surface area contributed by atoms with Gasteiger partial charge in [-0.1, -0.05) is 0 Å². The van der Waals surface area contributed by atoms with E-state index in [-0.39, 0.29) is 0 Å². The predicted molar refractivity (Wildman–Crippen MR) is 49.0 cm³/mol. The van der Waals surface area contributed by atoms with Gasteiger partial charge in [0.25, 0.3) is 0 Å². The van der Waals surface area contributed by atoms with Gasteiger partial charge in [-0.25, -0.2) is 4.99 Å². The van der Waals surface area contributed by atoms with E-state index in [2.05, 4.69) is 15.0 Å². The Morgan fingerprint density at radius 2 is 2.50 bits per heavy atom. The number of rotatable bonds is 0. The maximum absolute atomic E-state index is 5.27. The molecule has 0 aromatic carbocycles. The minimum atomic E-state index is 0.936. The SMILES string of the molecule is NN=C1CCCN2CC=CN=C12. The Kier molecular flexibility index (Phi) is 1.81. The average Bonchev–Trinajstić information content (AvgIpc) is 2.17. The molecule has 2 N–H and O–H groups in total. The first-order valence-corrected chi connectivity index (χ1v) is 4.16. The molecule has 4 heteroatoms. The van der Waals surface area contributed by atoms with Crippen LogP contribution in [0.2, 0.25) is 0 Å². The van der Waals surface area contributed by atoms with E-state index in [0.29, 0.717) is 0 Å². The fourth-order valence-corrected chi connectivity index (χ4v) is 1.59. The minimum absolute atomic E-state index is 0.936. The Morgan fingerprint density at radius 3 is 3.33 bits per heavy atom. The number of hydrazone groups is 1. The highest BCUT2D eigenvalue weighted by atomic mass is 15.2. The number of fused-ring (bicyclic) bond motifs is 1. The normalized spacial score (nSPS) is 25.5. The number of hydrogen-bond acceptors (Lipinski definition) is 4. The van der Waals surface area contributed by atoms with Crippen molar-refractivity contribution in [2.75, 3.05) is 13.1 Å². The Balaban J connectivity index is 2.29. The van der Waals surface area contributed by atoms with E-state index in [1.807, 2.05) is 12.3 Å². The molecule has 0 aromatic rings. The summed E-state index contributed by atoms with van der Waals surface area (Å²) in [4.78, 5) is 6.46. The Morgan fingerprint density at radius 1 is 1.58 bits per heavy atom. The van der Waals surface area contributed by atoms with E-state index in [0.717, 1.165) is 37.5 Å². The fourth-order valence-electron chi connectivity index (χ4n) is 1.59. The van der Waals surface area contributed by atoms with E-state index in [4.69, 9.17) is 5.84 Å². The second-order valence-corrected chi connectivity index (χ2v) is 2.96. The summed E-state index contributed by atoms with van der Waals surface area (Å²) in [7, 11) is 0. The first kappa shape index (κ1) is 7.34. The average molecular weight is 164 g/mol. The molecule has 2 heterocycles. The van der Waals surface area contributed by atoms with Crippen LogP contribution in [0.1, 0.15) is 12.8 Å². The van der Waals surface area contributed by atoms with E-state index in [9.17, 15) is 0 Å². The van der Waals surface area contributed by atoms with E-state index in [1.54, 1.807) is 0 Å². The van der Waals surface area contributed by atoms with Crippen LogP contribution in [0.4, 0.5) is 0 Å². The number of nitrogens with zero attached hydrogens (tertiary/aromatic N) is 3. The van der Waals surface area contributed by atoms with Crippen molar-refractivity contribution in [1.29, 1.82) is 0 Å². The van der Waals surface area contributed by atoms with Crippen LogP contribution in [0.5, 0.6) is 0 Å². The molecule has 0 radical (unpaired) electrons. The second-order valence-electron chi connectivity index (χ2n) is 2.96. The number of amidine groups is 1. The third-order valence-electron chi connectivity index (χ3n) is 2.18. The molecular formula is C8H12N4. The van der Waals surface area contributed by atoms with E-state index < -0.39 is 0 Å². The van der Waals surface area contributed by atoms with Crippen molar-refractivity contribution < 1.29 is 0 Å². The molecule has 64 valence electrons. The highest BCUT2D eigenvalue weighted by Crippen LogP contribution is 2.12. The summed E-state index contributed by atoms with van der Waals surface area (Å²) in [6.45, 7) is 2.01. The van der Waals surface area contributed by atoms with Crippen molar-refractivity contribution in [3.8, 4) is 0 Å². The summed E-state index contributed by atoms with van der Waals surface area (Å²) >= 11 is 0. The largest absolute Gasteiger partial charge is 0.351 e. The number of piperidine rings is 1. The monoisotopic (exact) mass is 164 g/mol. The van der Waals surface area contributed by atoms with Crippen molar-refractivity contribution in [2.45, 2.75) is 12.8 Å². The molecular weight excluding hydrogens is 152 g/mol. The van der Waals surface area contributed by atoms with Crippen molar-refractivity contribution in [3.63, 3.8) is 0 Å². The highest BCUT2D eigenvalue weighted by molar-refractivity contribution is 6.42. The summed E-state index contributed by atoms with van der Waals surface area (Å²) in [5, 5.41) is 3.74. The van der Waals surface area contributed by atoms with Crippen molar-refractivity contribution in [1.82, 2.24) is 4.90 Å². The van der Waals surface area contributed by atoms with Gasteiger partial charge in [0.05, 0.1) is 0 Å². The van der Waals surface area contributed by atoms with Gasteiger partial charge in [-0.2, -0.15) is 5.10 Å². The van der Waals surface area contributed by atoms with Crippen LogP contribution in [0.3, 0.4) is 0 Å². The quantitative estimate of drug-likeness (QED) is 0.414. The molecule has 2 aliphatic rings. The highest BCUT2D eigenvalue weighted by Gasteiger charge is 2.22. The molecule has 0 aromatic heterocycles. The van der Waals surface area contributed by atoms with Crippen molar-refractivity contribution in [2.24, 2.45) is 15.9 Å². The lowest BCUT2D eigenvalue weighted by atomic mass is 10.1. The maximum atomic E-state index is 5.27. The molecule has 0 bridgehead atoms. The Labute approximate surface area is 71.5 Å². The molecule has 2 aliphatic heterocycles. The molecule has 1 saturated heterocycles. The molecule has 1 fully saturated rings. The number of aliphatic imine (C=N–C) groups is 1. The fraction of sp³-hybridized carbons (Fsp3) is 0.500. The number of nitrogens with two attached hydrogens (primary N) is 1. The van der Waals surface area contributed by atoms with E-state index >= 15 is 0 Å². The van der Waals surface area contributed by atoms with Crippen molar-refractivity contribution >= 4 is 11.5 Å². The first-order chi connectivity index (χ1) is 5.92. The van der Waals surface area contributed by atoms with Gasteiger partial charge in [-0.05, 0) is 18.9 Å². The summed E-state index contributed by atoms with van der Waals surface area (Å²) < 4.78 is 0. The van der Waals surface area contributed by atoms with E-state index in [1.165, 1.54) is 0 Å². The molecule has 0 unspecified atom stereocenters. The summed E-state index contributed by atoms with van der Waals surface area (Å²) in [5.74, 6) is 6.23. The number of hydrogen-bond donors (Lipinski definition) is 1. The van der Waals surface area contributed by atoms with Gasteiger partial charge in [0.15, 0.2) is 5.84 Å². The van der Waals surface area contributed by atoms with Gasteiger partial charge in [0.2, 0.25) is 0 Å². The topological polar surface area (TPSA) is 54.0 Å². The zero-order valence-electron chi connectivity index (χ0n) is 6.90. The minimum Gasteiger partial charge on any atom is -0.351 e. The summed E-state index contributed by atoms with van der Waals surface area (Å²) in [6, 6.07) is 0. The first-order valence-electron chi connectivity index (χ1n) is 4.16. The van der Waals surface area contributed by atoms with Crippen LogP contribution in [0.25, 0.3) is 0 Å². The van der Waals surface area contributed by atoms with Gasteiger partial charge in [-0.15, -0.1) is 0 Å². The molecule has 2 rings (SSSR count). The maximum Gasteiger partial charge on any atom is 0.152 e. The molecule has 0 aliphatic carbocycles. The molecule has 0 spiro atoms. The van der Waals surface area contributed by atoms with Gasteiger partial charge >= 0.3 is 0 Å². The summed E-state index contributed by atoms with van der Waals surface area (Å²) in [5.41, 5.74) is 0.936. The van der Waals surface area contributed by atoms with Crippen LogP contribution in [-0.4, -0.2) is 29.5 Å². The van der Waals surface area contributed by atoms with Crippen LogP contribution < -0.4 is 5.84 Å². The van der Waals surface area contributed by atoms with Gasteiger partial charge in [-0.3, -0.25) is 0 Å². The zero-order valence-corrected chi connectivity index (χ0v) is 6.90. The Hall–Kier alpha value is -1.32. The van der Waals surface area contributed by atoms with Gasteiger partial charge in [0.1, 0.15) is 5.71 Å². The molecule has 4 nitrogen and oxygen atoms in total. The summed E-state index contributed by atoms with van der Waals surface area (Å²) in [6.07, 6.45) is 5.95. The van der Waals surface area contributed by atoms with Crippen LogP contribution in [0, 0.1) is 0 Å². The third-order valence-corrected chi connectivity index (χ3v) is 2.18. The zero-order chi connectivity index (χ0) is 8.39. The van der Waals surface area contributed by atoms with Gasteiger partial charge < -0.3 is 10.7 Å². The second kappa shape index (κ2) is 2.97. The molecule has 12 heavy (non-hydrogen) atoms. The lowest BCUT2D eigenvalue weighted by Gasteiger charge is -2.31. The molecule has 0 saturated carbocycles. The smallest absolute Gasteiger partial charge is 0.152 e. The van der Waals surface area contributed by atoms with Crippen LogP contribution in [-0.2, 0) is 0 Å². The Bertz CT molecular complexity index is 264. The lowest BCUT2D eigenvalue weighted by Crippen LogP contribution is -2.43. The standard InChI is InChI=1S/C8H12N4/c9-11-7-3-1-5-12-6-2-4-10-8(7)12/h2,4H,1,3,5-6,9H2. The molecule has 0 atom stereocenters. The lowest BCUT2D eigenvalue weighted by molar-refractivity contribution is 0.440. The van der Waals surface area contributed by atoms with Crippen molar-refractivity contribution in [3.05, 3.63) is 12.3 Å². The predicted octanol–water partition coefficient (Wildman–Crippen LogP) is 0.323.